The predicted molar refractivity (Wildman–Crippen MR) is 128 cm³/mol. The van der Waals surface area contributed by atoms with Crippen LogP contribution < -0.4 is 5.32 Å². The van der Waals surface area contributed by atoms with Gasteiger partial charge in [-0.25, -0.2) is 4.79 Å². The molecule has 0 saturated carbocycles. The maximum absolute atomic E-state index is 13.0. The monoisotopic (exact) mass is 522 g/mol. The molecule has 13 heteroatoms. The molecule has 1 N–H and O–H groups in total. The van der Waals surface area contributed by atoms with Crippen molar-refractivity contribution in [2.75, 3.05) is 28.4 Å². The number of carbonyl (C=O) groups is 3. The lowest BCUT2D eigenvalue weighted by Crippen LogP contribution is -2.46. The smallest absolute Gasteiger partial charge is 0.334 e. The highest BCUT2D eigenvalue weighted by Crippen LogP contribution is 2.49. The lowest BCUT2D eigenvalue weighted by atomic mass is 9.88. The van der Waals surface area contributed by atoms with Gasteiger partial charge in [-0.2, -0.15) is 0 Å². The first-order chi connectivity index (χ1) is 17.1. The highest BCUT2D eigenvalue weighted by molar-refractivity contribution is 7.52. The van der Waals surface area contributed by atoms with Crippen molar-refractivity contribution in [3.8, 4) is 0 Å². The number of ether oxygens (including phenoxy) is 2. The van der Waals surface area contributed by atoms with Crippen LogP contribution in [0.1, 0.15) is 33.8 Å². The molecule has 2 atom stereocenters. The minimum absolute atomic E-state index is 0.00592. The molecule has 2 rings (SSSR count). The van der Waals surface area contributed by atoms with Crippen LogP contribution in [0.2, 0.25) is 0 Å². The van der Waals surface area contributed by atoms with Crippen LogP contribution in [0.15, 0.2) is 48.5 Å². The van der Waals surface area contributed by atoms with Crippen molar-refractivity contribution in [3.05, 3.63) is 75.3 Å². The van der Waals surface area contributed by atoms with Gasteiger partial charge in [0, 0.05) is 37.8 Å². The fourth-order valence-corrected chi connectivity index (χ4v) is 4.46. The van der Waals surface area contributed by atoms with Gasteiger partial charge in [0.1, 0.15) is 6.04 Å². The number of nitro benzene ring substituents is 1. The fraction of sp³-hybridized carbons (Fsp3) is 0.348. The van der Waals surface area contributed by atoms with Gasteiger partial charge in [0.25, 0.3) is 11.6 Å². The maximum Gasteiger partial charge on any atom is 0.334 e. The Morgan fingerprint density at radius 1 is 0.944 bits per heavy atom. The van der Waals surface area contributed by atoms with Crippen LogP contribution in [-0.4, -0.2) is 57.3 Å². The molecule has 0 aromatic heterocycles. The number of nitrogens with zero attached hydrogens (tertiary/aromatic N) is 1. The number of benzene rings is 2. The Labute approximate surface area is 207 Å². The molecule has 0 fully saturated rings. The molecule has 0 bridgehead atoms. The summed E-state index contributed by atoms with van der Waals surface area (Å²) in [7, 11) is 1.55. The van der Waals surface area contributed by atoms with E-state index in [9.17, 15) is 29.1 Å². The molecule has 0 saturated heterocycles. The van der Waals surface area contributed by atoms with Crippen molar-refractivity contribution < 1.29 is 42.4 Å². The normalized spacial score (nSPS) is 12.8. The molecule has 194 valence electrons. The Kier molecular flexibility index (Phi) is 10.3. The van der Waals surface area contributed by atoms with Gasteiger partial charge in [0.05, 0.1) is 31.7 Å². The molecule has 0 heterocycles. The summed E-state index contributed by atoms with van der Waals surface area (Å²) in [6.45, 7) is 0. The molecule has 0 aliphatic rings. The molecule has 0 spiro atoms. The summed E-state index contributed by atoms with van der Waals surface area (Å²) in [6.07, 6.45) is -0.315. The van der Waals surface area contributed by atoms with Crippen LogP contribution in [0, 0.1) is 10.1 Å². The Balaban J connectivity index is 2.34. The molecular formula is C23H27N2O10P. The van der Waals surface area contributed by atoms with Gasteiger partial charge in [-0.3, -0.25) is 24.3 Å². The van der Waals surface area contributed by atoms with Crippen molar-refractivity contribution in [2.45, 2.75) is 24.5 Å². The molecule has 2 aromatic carbocycles. The van der Waals surface area contributed by atoms with E-state index in [-0.39, 0.29) is 23.8 Å². The first-order valence-corrected chi connectivity index (χ1v) is 12.3. The number of esters is 2. The number of amides is 1. The molecule has 12 nitrogen and oxygen atoms in total. The standard InChI is InChI=1S/C23H27N2O10P/c1-32-20(26)13-19(16-9-11-18(12-10-16)25(29)30)21(23(28)33-2)24-22(27)17-7-5-15(6-8-17)14-36(31,34-3)35-4/h5-12,19,21H,13-14H2,1-4H3,(H,24,27)/t19-,21+/m1/s1. The molecule has 1 amide bonds. The first-order valence-electron chi connectivity index (χ1n) is 10.6. The van der Waals surface area contributed by atoms with E-state index < -0.39 is 42.3 Å². The quantitative estimate of drug-likeness (QED) is 0.190. The lowest BCUT2D eigenvalue weighted by molar-refractivity contribution is -0.384. The van der Waals surface area contributed by atoms with Gasteiger partial charge in [0.2, 0.25) is 0 Å². The SMILES string of the molecule is COC(=O)C[C@H](c1ccc([N+](=O)[O-])cc1)[C@H](NC(=O)c1ccc(CP(=O)(OC)OC)cc1)C(=O)OC. The lowest BCUT2D eigenvalue weighted by Gasteiger charge is -2.26. The van der Waals surface area contributed by atoms with E-state index in [4.69, 9.17) is 18.5 Å². The average Bonchev–Trinajstić information content (AvgIpc) is 2.90. The zero-order valence-electron chi connectivity index (χ0n) is 20.2. The van der Waals surface area contributed by atoms with Gasteiger partial charge in [-0.05, 0) is 23.3 Å². The number of carbonyl (C=O) groups excluding carboxylic acids is 3. The second-order valence-electron chi connectivity index (χ2n) is 7.54. The first kappa shape index (κ1) is 28.6. The van der Waals surface area contributed by atoms with Crippen molar-refractivity contribution in [1.29, 1.82) is 0 Å². The van der Waals surface area contributed by atoms with Gasteiger partial charge < -0.3 is 23.8 Å². The number of rotatable bonds is 12. The minimum Gasteiger partial charge on any atom is -0.469 e. The molecule has 36 heavy (non-hydrogen) atoms. The zero-order valence-corrected chi connectivity index (χ0v) is 21.1. The van der Waals surface area contributed by atoms with Crippen LogP contribution in [0.5, 0.6) is 0 Å². The van der Waals surface area contributed by atoms with Crippen molar-refractivity contribution in [3.63, 3.8) is 0 Å². The number of nitro groups is 1. The Bertz CT molecular complexity index is 1130. The largest absolute Gasteiger partial charge is 0.469 e. The van der Waals surface area contributed by atoms with Gasteiger partial charge in [0.15, 0.2) is 0 Å². The Morgan fingerprint density at radius 2 is 1.53 bits per heavy atom. The van der Waals surface area contributed by atoms with E-state index in [1.807, 2.05) is 0 Å². The molecule has 0 aliphatic heterocycles. The molecular weight excluding hydrogens is 495 g/mol. The Hall–Kier alpha value is -3.60. The van der Waals surface area contributed by atoms with E-state index in [1.54, 1.807) is 12.1 Å². The summed E-state index contributed by atoms with van der Waals surface area (Å²) in [4.78, 5) is 48.2. The highest BCUT2D eigenvalue weighted by Gasteiger charge is 2.34. The number of nitrogens with one attached hydrogen (secondary N) is 1. The minimum atomic E-state index is -3.30. The van der Waals surface area contributed by atoms with Gasteiger partial charge in [-0.15, -0.1) is 0 Å². The third kappa shape index (κ3) is 7.45. The molecule has 0 unspecified atom stereocenters. The van der Waals surface area contributed by atoms with E-state index >= 15 is 0 Å². The van der Waals surface area contributed by atoms with E-state index in [1.165, 1.54) is 57.7 Å². The fourth-order valence-electron chi connectivity index (χ4n) is 3.40. The average molecular weight is 522 g/mol. The summed E-state index contributed by atoms with van der Waals surface area (Å²) in [5, 5.41) is 13.6. The second-order valence-corrected chi connectivity index (χ2v) is 9.81. The Morgan fingerprint density at radius 3 is 2.00 bits per heavy atom. The third-order valence-corrected chi connectivity index (χ3v) is 7.30. The summed E-state index contributed by atoms with van der Waals surface area (Å²) in [5.74, 6) is -3.07. The molecule has 0 radical (unpaired) electrons. The van der Waals surface area contributed by atoms with Crippen molar-refractivity contribution in [2.24, 2.45) is 0 Å². The van der Waals surface area contributed by atoms with Crippen LogP contribution in [0.25, 0.3) is 0 Å². The summed E-state index contributed by atoms with van der Waals surface area (Å²) in [5.41, 5.74) is 0.975. The molecule has 2 aromatic rings. The number of hydrogen-bond acceptors (Lipinski definition) is 10. The van der Waals surface area contributed by atoms with Crippen LogP contribution in [0.4, 0.5) is 5.69 Å². The topological polar surface area (TPSA) is 160 Å². The van der Waals surface area contributed by atoms with Crippen molar-refractivity contribution in [1.82, 2.24) is 5.32 Å². The summed E-state index contributed by atoms with van der Waals surface area (Å²) in [6, 6.07) is 10.00. The maximum atomic E-state index is 13.0. The van der Waals surface area contributed by atoms with Crippen LogP contribution in [-0.2, 0) is 38.8 Å². The zero-order chi connectivity index (χ0) is 26.9. The third-order valence-electron chi connectivity index (χ3n) is 5.44. The number of methoxy groups -OCH3 is 2. The summed E-state index contributed by atoms with van der Waals surface area (Å²) >= 11 is 0. The summed E-state index contributed by atoms with van der Waals surface area (Å²) < 4.78 is 31.7. The number of non-ortho nitro benzene ring substituents is 1. The van der Waals surface area contributed by atoms with E-state index in [2.05, 4.69) is 5.32 Å². The van der Waals surface area contributed by atoms with E-state index in [0.717, 1.165) is 7.11 Å². The highest BCUT2D eigenvalue weighted by atomic mass is 31.2. The molecule has 0 aliphatic carbocycles. The number of hydrogen-bond donors (Lipinski definition) is 1. The van der Waals surface area contributed by atoms with Crippen molar-refractivity contribution >= 4 is 31.1 Å². The van der Waals surface area contributed by atoms with Gasteiger partial charge >= 0.3 is 19.5 Å². The second kappa shape index (κ2) is 12.9. The predicted octanol–water partition coefficient (Wildman–Crippen LogP) is 3.20. The van der Waals surface area contributed by atoms with E-state index in [0.29, 0.717) is 11.1 Å². The van der Waals surface area contributed by atoms with Crippen LogP contribution >= 0.6 is 7.60 Å². The van der Waals surface area contributed by atoms with Gasteiger partial charge in [-0.1, -0.05) is 24.3 Å². The van der Waals surface area contributed by atoms with Crippen LogP contribution in [0.3, 0.4) is 0 Å².